The van der Waals surface area contributed by atoms with Gasteiger partial charge in [-0.15, -0.1) is 5.10 Å². The summed E-state index contributed by atoms with van der Waals surface area (Å²) in [6.07, 6.45) is 0.793. The molecule has 2 aromatic rings. The van der Waals surface area contributed by atoms with E-state index in [0.29, 0.717) is 31.1 Å². The normalized spacial score (nSPS) is 18.3. The van der Waals surface area contributed by atoms with Crippen LogP contribution in [0.5, 0.6) is 0 Å². The fourth-order valence-corrected chi connectivity index (χ4v) is 4.98. The van der Waals surface area contributed by atoms with Gasteiger partial charge >= 0.3 is 0 Å². The third kappa shape index (κ3) is 5.86. The molecule has 0 saturated carbocycles. The van der Waals surface area contributed by atoms with Gasteiger partial charge in [0.1, 0.15) is 6.61 Å². The molecule has 2 unspecified atom stereocenters. The van der Waals surface area contributed by atoms with E-state index in [0.717, 1.165) is 33.0 Å². The first-order chi connectivity index (χ1) is 15.9. The van der Waals surface area contributed by atoms with Crippen LogP contribution in [0.4, 0.5) is 5.69 Å². The molecular weight excluding hydrogens is 438 g/mol. The first kappa shape index (κ1) is 25.0. The van der Waals surface area contributed by atoms with Crippen LogP contribution in [0.3, 0.4) is 0 Å². The van der Waals surface area contributed by atoms with Gasteiger partial charge in [0.05, 0.1) is 22.2 Å². The summed E-state index contributed by atoms with van der Waals surface area (Å²) in [5, 5.41) is 10.5. The number of aryl methyl sites for hydroxylation is 1. The van der Waals surface area contributed by atoms with Gasteiger partial charge in [-0.05, 0) is 38.7 Å². The van der Waals surface area contributed by atoms with Crippen molar-refractivity contribution in [1.29, 1.82) is 0 Å². The highest BCUT2D eigenvalue weighted by Crippen LogP contribution is 2.26. The Morgan fingerprint density at radius 2 is 1.97 bits per heavy atom. The van der Waals surface area contributed by atoms with Crippen molar-refractivity contribution in [1.82, 2.24) is 4.90 Å². The lowest BCUT2D eigenvalue weighted by atomic mass is 10.1. The van der Waals surface area contributed by atoms with Crippen LogP contribution in [-0.4, -0.2) is 54.0 Å². The van der Waals surface area contributed by atoms with E-state index in [-0.39, 0.29) is 0 Å². The van der Waals surface area contributed by atoms with Gasteiger partial charge in [0.25, 0.3) is 0 Å². The van der Waals surface area contributed by atoms with Crippen LogP contribution in [0.2, 0.25) is 0 Å². The summed E-state index contributed by atoms with van der Waals surface area (Å²) in [6, 6.07) is 13.6. The maximum atomic E-state index is 12.3. The van der Waals surface area contributed by atoms with E-state index < -0.39 is 17.2 Å². The first-order valence-electron chi connectivity index (χ1n) is 10.9. The average Bonchev–Trinajstić information content (AvgIpc) is 2.81. The molecule has 33 heavy (non-hydrogen) atoms. The highest BCUT2D eigenvalue weighted by molar-refractivity contribution is 7.85. The van der Waals surface area contributed by atoms with E-state index in [2.05, 4.69) is 10.2 Å². The van der Waals surface area contributed by atoms with E-state index >= 15 is 0 Å². The predicted octanol–water partition coefficient (Wildman–Crippen LogP) is 3.41. The molecule has 178 valence electrons. The minimum absolute atomic E-state index is 0.303. The number of nitrogens with two attached hydrogens (primary N) is 1. The lowest BCUT2D eigenvalue weighted by Crippen LogP contribution is -2.51. The van der Waals surface area contributed by atoms with E-state index in [1.807, 2.05) is 75.3 Å². The lowest BCUT2D eigenvalue weighted by molar-refractivity contribution is -0.00582. The molecule has 9 heteroatoms. The number of hydrazine groups is 1. The zero-order chi connectivity index (χ0) is 24.0. The quantitative estimate of drug-likeness (QED) is 0.209. The predicted molar refractivity (Wildman–Crippen MR) is 134 cm³/mol. The monoisotopic (exact) mass is 471 g/mol. The zero-order valence-electron chi connectivity index (χ0n) is 19.9. The summed E-state index contributed by atoms with van der Waals surface area (Å²) in [5.41, 5.74) is 4.56. The summed E-state index contributed by atoms with van der Waals surface area (Å²) in [5.74, 6) is 7.49. The molecule has 1 aliphatic heterocycles. The van der Waals surface area contributed by atoms with E-state index in [4.69, 9.17) is 15.3 Å². The maximum Gasteiger partial charge on any atom is 0.208 e. The number of ether oxygens (including phenoxy) is 2. The molecule has 1 heterocycles. The number of anilines is 1. The SMILES string of the molecule is CC/C(=N/N=C1\CCS(=O)c2ccccc21)OCc1c(C)cccc1N(N)C(OC)N(C)C. The Morgan fingerprint density at radius 3 is 2.67 bits per heavy atom. The highest BCUT2D eigenvalue weighted by atomic mass is 32.2. The molecule has 2 N–H and O–H groups in total. The minimum atomic E-state index is -0.989. The second-order valence-electron chi connectivity index (χ2n) is 7.98. The molecule has 0 bridgehead atoms. The smallest absolute Gasteiger partial charge is 0.208 e. The topological polar surface area (TPSA) is 92.8 Å². The number of methoxy groups -OCH3 is 1. The Bertz CT molecular complexity index is 1050. The third-order valence-corrected chi connectivity index (χ3v) is 6.91. The fourth-order valence-electron chi connectivity index (χ4n) is 3.72. The van der Waals surface area contributed by atoms with Crippen LogP contribution in [0.25, 0.3) is 0 Å². The Balaban J connectivity index is 1.82. The molecule has 0 radical (unpaired) electrons. The molecule has 2 atom stereocenters. The molecule has 8 nitrogen and oxygen atoms in total. The summed E-state index contributed by atoms with van der Waals surface area (Å²) in [6.45, 7) is 4.30. The second-order valence-corrected chi connectivity index (χ2v) is 9.52. The van der Waals surface area contributed by atoms with Crippen LogP contribution in [-0.2, 0) is 26.9 Å². The third-order valence-electron chi connectivity index (χ3n) is 5.49. The highest BCUT2D eigenvalue weighted by Gasteiger charge is 2.22. The molecule has 1 aliphatic rings. The summed E-state index contributed by atoms with van der Waals surface area (Å²) < 4.78 is 23.9. The maximum absolute atomic E-state index is 12.3. The van der Waals surface area contributed by atoms with E-state index in [1.54, 1.807) is 12.1 Å². The van der Waals surface area contributed by atoms with Crippen LogP contribution in [0.1, 0.15) is 36.5 Å². The molecule has 0 amide bonds. The Hall–Kier alpha value is -2.59. The van der Waals surface area contributed by atoms with Gasteiger partial charge in [-0.3, -0.25) is 14.1 Å². The molecule has 3 rings (SSSR count). The Labute approximate surface area is 198 Å². The largest absolute Gasteiger partial charge is 0.475 e. The van der Waals surface area contributed by atoms with Crippen molar-refractivity contribution in [2.45, 2.75) is 44.5 Å². The molecule has 0 saturated heterocycles. The number of nitrogens with zero attached hydrogens (tertiary/aromatic N) is 4. The van der Waals surface area contributed by atoms with Crippen LogP contribution in [0, 0.1) is 6.92 Å². The number of hydrogen-bond acceptors (Lipinski definition) is 8. The van der Waals surface area contributed by atoms with Crippen LogP contribution < -0.4 is 10.9 Å². The Morgan fingerprint density at radius 1 is 1.21 bits per heavy atom. The van der Waals surface area contributed by atoms with Crippen LogP contribution in [0.15, 0.2) is 57.6 Å². The van der Waals surface area contributed by atoms with Gasteiger partial charge in [-0.2, -0.15) is 5.10 Å². The van der Waals surface area contributed by atoms with Gasteiger partial charge in [0, 0.05) is 41.7 Å². The fraction of sp³-hybridized carbons (Fsp3) is 0.417. The van der Waals surface area contributed by atoms with Gasteiger partial charge in [-0.25, -0.2) is 5.84 Å². The van der Waals surface area contributed by atoms with Gasteiger partial charge in [-0.1, -0.05) is 37.3 Å². The second kappa shape index (κ2) is 11.5. The average molecular weight is 472 g/mol. The van der Waals surface area contributed by atoms with Gasteiger partial charge in [0.15, 0.2) is 0 Å². The van der Waals surface area contributed by atoms with Crippen molar-refractivity contribution < 1.29 is 13.7 Å². The molecule has 0 spiro atoms. The minimum Gasteiger partial charge on any atom is -0.475 e. The number of fused-ring (bicyclic) bond motifs is 1. The van der Waals surface area contributed by atoms with E-state index in [9.17, 15) is 4.21 Å². The standard InChI is InChI=1S/C24H33N5O3S/c1-6-23(27-26-20-14-15-33(30)22-13-8-7-11-18(20)22)32-16-19-17(2)10-9-12-21(19)29(25)24(31-5)28(3)4/h7-13,24H,6,14-16,25H2,1-5H3/b26-20+,27-23-. The molecule has 0 aromatic heterocycles. The van der Waals surface area contributed by atoms with Crippen molar-refractivity contribution in [3.8, 4) is 0 Å². The molecular formula is C24H33N5O3S. The van der Waals surface area contributed by atoms with Crippen molar-refractivity contribution >= 4 is 28.1 Å². The number of rotatable bonds is 8. The number of benzene rings is 2. The van der Waals surface area contributed by atoms with Crippen LogP contribution >= 0.6 is 0 Å². The Kier molecular flexibility index (Phi) is 8.74. The van der Waals surface area contributed by atoms with Crippen molar-refractivity contribution in [3.63, 3.8) is 0 Å². The van der Waals surface area contributed by atoms with Crippen molar-refractivity contribution in [3.05, 3.63) is 59.2 Å². The van der Waals surface area contributed by atoms with E-state index in [1.165, 1.54) is 0 Å². The van der Waals surface area contributed by atoms with Crippen molar-refractivity contribution in [2.75, 3.05) is 32.0 Å². The first-order valence-corrected chi connectivity index (χ1v) is 12.2. The van der Waals surface area contributed by atoms with Gasteiger partial charge in [0.2, 0.25) is 12.2 Å². The molecule has 0 aliphatic carbocycles. The lowest BCUT2D eigenvalue weighted by Gasteiger charge is -2.34. The zero-order valence-corrected chi connectivity index (χ0v) is 20.8. The molecule has 2 aromatic carbocycles. The summed E-state index contributed by atoms with van der Waals surface area (Å²) in [4.78, 5) is 2.70. The summed E-state index contributed by atoms with van der Waals surface area (Å²) >= 11 is 0. The summed E-state index contributed by atoms with van der Waals surface area (Å²) in [7, 11) is 4.44. The van der Waals surface area contributed by atoms with Gasteiger partial charge < -0.3 is 9.47 Å². The van der Waals surface area contributed by atoms with Crippen molar-refractivity contribution in [2.24, 2.45) is 16.0 Å². The molecule has 0 fully saturated rings. The number of hydrogen-bond donors (Lipinski definition) is 1.